The van der Waals surface area contributed by atoms with Gasteiger partial charge in [0.15, 0.2) is 0 Å². The third kappa shape index (κ3) is 3.38. The maximum absolute atomic E-state index is 11.0. The van der Waals surface area contributed by atoms with Crippen LogP contribution in [-0.4, -0.2) is 30.1 Å². The number of rotatable bonds is 2. The molecule has 0 unspecified atom stereocenters. The van der Waals surface area contributed by atoms with Crippen molar-refractivity contribution in [2.75, 3.05) is 18.4 Å². The third-order valence-electron chi connectivity index (χ3n) is 3.26. The predicted octanol–water partition coefficient (Wildman–Crippen LogP) is 2.28. The lowest BCUT2D eigenvalue weighted by molar-refractivity contribution is 0.193. The molecule has 3 N–H and O–H groups in total. The fourth-order valence-electron chi connectivity index (χ4n) is 2.17. The second kappa shape index (κ2) is 5.93. The van der Waals surface area contributed by atoms with E-state index in [9.17, 15) is 4.79 Å². The summed E-state index contributed by atoms with van der Waals surface area (Å²) in [6.07, 6.45) is 1.74. The second-order valence-electron chi connectivity index (χ2n) is 4.55. The number of carbonyl (C=O) groups excluding carboxylic acids is 1. The zero-order valence-electron chi connectivity index (χ0n) is 10.4. The molecule has 19 heavy (non-hydrogen) atoms. The lowest BCUT2D eigenvalue weighted by Gasteiger charge is -2.32. The molecule has 1 fully saturated rings. The largest absolute Gasteiger partial charge is 0.381 e. The van der Waals surface area contributed by atoms with E-state index in [1.54, 1.807) is 17.0 Å². The number of nitrogens with zero attached hydrogens (tertiary/aromatic N) is 2. The number of anilines is 1. The number of benzene rings is 1. The van der Waals surface area contributed by atoms with Gasteiger partial charge in [0, 0.05) is 29.3 Å². The molecule has 0 saturated carbocycles. The van der Waals surface area contributed by atoms with Gasteiger partial charge in [-0.2, -0.15) is 5.26 Å². The molecule has 1 aromatic rings. The molecule has 100 valence electrons. The number of amides is 2. The summed E-state index contributed by atoms with van der Waals surface area (Å²) in [5.74, 6) is 0. The predicted molar refractivity (Wildman–Crippen MR) is 76.7 cm³/mol. The number of primary amides is 1. The third-order valence-corrected chi connectivity index (χ3v) is 3.92. The van der Waals surface area contributed by atoms with Crippen LogP contribution in [0.3, 0.4) is 0 Å². The van der Waals surface area contributed by atoms with Gasteiger partial charge in [-0.15, -0.1) is 0 Å². The van der Waals surface area contributed by atoms with Crippen molar-refractivity contribution < 1.29 is 4.79 Å². The Morgan fingerprint density at radius 2 is 2.16 bits per heavy atom. The molecule has 1 aliphatic heterocycles. The summed E-state index contributed by atoms with van der Waals surface area (Å²) in [7, 11) is 0. The minimum Gasteiger partial charge on any atom is -0.381 e. The molecule has 1 aliphatic rings. The van der Waals surface area contributed by atoms with Crippen LogP contribution in [-0.2, 0) is 0 Å². The first-order valence-corrected chi connectivity index (χ1v) is 6.90. The van der Waals surface area contributed by atoms with E-state index in [0.717, 1.165) is 23.0 Å². The van der Waals surface area contributed by atoms with Gasteiger partial charge in [0.05, 0.1) is 11.6 Å². The lowest BCUT2D eigenvalue weighted by atomic mass is 10.0. The smallest absolute Gasteiger partial charge is 0.314 e. The Morgan fingerprint density at radius 1 is 1.47 bits per heavy atom. The molecule has 2 amide bonds. The van der Waals surface area contributed by atoms with Crippen molar-refractivity contribution >= 4 is 27.6 Å². The van der Waals surface area contributed by atoms with Crippen molar-refractivity contribution in [3.05, 3.63) is 28.2 Å². The highest BCUT2D eigenvalue weighted by Gasteiger charge is 2.21. The zero-order chi connectivity index (χ0) is 13.8. The number of nitrogens with one attached hydrogen (secondary N) is 1. The molecule has 0 spiro atoms. The molecule has 1 saturated heterocycles. The highest BCUT2D eigenvalue weighted by molar-refractivity contribution is 9.10. The monoisotopic (exact) mass is 322 g/mol. The van der Waals surface area contributed by atoms with Gasteiger partial charge >= 0.3 is 6.03 Å². The molecule has 2 rings (SSSR count). The number of hydrogen-bond donors (Lipinski definition) is 2. The minimum absolute atomic E-state index is 0.319. The molecule has 1 heterocycles. The van der Waals surface area contributed by atoms with Gasteiger partial charge in [0.1, 0.15) is 0 Å². The fourth-order valence-corrected chi connectivity index (χ4v) is 2.66. The molecule has 0 atom stereocenters. The summed E-state index contributed by atoms with van der Waals surface area (Å²) in [4.78, 5) is 12.7. The van der Waals surface area contributed by atoms with Gasteiger partial charge in [-0.3, -0.25) is 0 Å². The van der Waals surface area contributed by atoms with Gasteiger partial charge in [0.2, 0.25) is 0 Å². The Balaban J connectivity index is 1.96. The summed E-state index contributed by atoms with van der Waals surface area (Å²) in [5, 5.41) is 12.2. The zero-order valence-corrected chi connectivity index (χ0v) is 12.0. The second-order valence-corrected chi connectivity index (χ2v) is 5.40. The van der Waals surface area contributed by atoms with Crippen LogP contribution >= 0.6 is 15.9 Å². The van der Waals surface area contributed by atoms with Crippen LogP contribution in [0.4, 0.5) is 10.5 Å². The molecule has 0 radical (unpaired) electrons. The summed E-state index contributed by atoms with van der Waals surface area (Å²) in [5.41, 5.74) is 6.84. The van der Waals surface area contributed by atoms with Crippen molar-refractivity contribution in [3.8, 4) is 6.07 Å². The van der Waals surface area contributed by atoms with Crippen molar-refractivity contribution in [1.29, 1.82) is 5.26 Å². The van der Waals surface area contributed by atoms with Crippen LogP contribution in [0.15, 0.2) is 22.7 Å². The first-order chi connectivity index (χ1) is 9.10. The minimum atomic E-state index is -0.349. The quantitative estimate of drug-likeness (QED) is 0.876. The number of nitriles is 1. The number of likely N-dealkylation sites (tertiary alicyclic amines) is 1. The number of piperidine rings is 1. The molecule has 5 nitrogen and oxygen atoms in total. The molecule has 0 bridgehead atoms. The van der Waals surface area contributed by atoms with Crippen LogP contribution in [0.1, 0.15) is 18.4 Å². The van der Waals surface area contributed by atoms with Crippen LogP contribution < -0.4 is 11.1 Å². The van der Waals surface area contributed by atoms with Crippen LogP contribution in [0, 0.1) is 11.3 Å². The van der Waals surface area contributed by atoms with Crippen molar-refractivity contribution in [1.82, 2.24) is 4.90 Å². The first-order valence-electron chi connectivity index (χ1n) is 6.10. The summed E-state index contributed by atoms with van der Waals surface area (Å²) >= 11 is 3.45. The Bertz CT molecular complexity index is 518. The maximum Gasteiger partial charge on any atom is 0.314 e. The van der Waals surface area contributed by atoms with E-state index in [-0.39, 0.29) is 6.03 Å². The number of halogens is 1. The Hall–Kier alpha value is -1.74. The number of urea groups is 1. The number of nitrogens with two attached hydrogens (primary N) is 1. The van der Waals surface area contributed by atoms with Gasteiger partial charge in [0.25, 0.3) is 0 Å². The van der Waals surface area contributed by atoms with E-state index < -0.39 is 0 Å². The molecule has 0 aromatic heterocycles. The van der Waals surface area contributed by atoms with Crippen LogP contribution in [0.2, 0.25) is 0 Å². The average Bonchev–Trinajstić information content (AvgIpc) is 2.41. The Labute approximate surface area is 120 Å². The highest BCUT2D eigenvalue weighted by Crippen LogP contribution is 2.26. The molecular weight excluding hydrogens is 308 g/mol. The van der Waals surface area contributed by atoms with Crippen LogP contribution in [0.25, 0.3) is 0 Å². The Morgan fingerprint density at radius 3 is 2.68 bits per heavy atom. The number of hydrogen-bond acceptors (Lipinski definition) is 3. The average molecular weight is 323 g/mol. The first kappa shape index (κ1) is 13.7. The van der Waals surface area contributed by atoms with Crippen molar-refractivity contribution in [2.24, 2.45) is 5.73 Å². The van der Waals surface area contributed by atoms with Crippen LogP contribution in [0.5, 0.6) is 0 Å². The maximum atomic E-state index is 11.0. The normalized spacial score (nSPS) is 15.9. The van der Waals surface area contributed by atoms with E-state index in [1.807, 2.05) is 6.07 Å². The van der Waals surface area contributed by atoms with Crippen molar-refractivity contribution in [3.63, 3.8) is 0 Å². The molecular formula is C13H15BrN4O. The van der Waals surface area contributed by atoms with E-state index in [2.05, 4.69) is 27.3 Å². The standard InChI is InChI=1S/C13H15BrN4O/c14-11-7-9(8-15)1-2-12(11)17-10-3-5-18(6-4-10)13(16)19/h1-2,7,10,17H,3-6H2,(H2,16,19). The highest BCUT2D eigenvalue weighted by atomic mass is 79.9. The summed E-state index contributed by atoms with van der Waals surface area (Å²) in [6.45, 7) is 1.36. The number of carbonyl (C=O) groups is 1. The van der Waals surface area contributed by atoms with Gasteiger partial charge < -0.3 is 16.0 Å². The van der Waals surface area contributed by atoms with Gasteiger partial charge in [-0.05, 0) is 47.0 Å². The summed E-state index contributed by atoms with van der Waals surface area (Å²) in [6, 6.07) is 7.54. The summed E-state index contributed by atoms with van der Waals surface area (Å²) < 4.78 is 0.879. The van der Waals surface area contributed by atoms with E-state index in [4.69, 9.17) is 11.0 Å². The fraction of sp³-hybridized carbons (Fsp3) is 0.385. The Kier molecular flexibility index (Phi) is 4.27. The topological polar surface area (TPSA) is 82.2 Å². The van der Waals surface area contributed by atoms with Crippen molar-refractivity contribution in [2.45, 2.75) is 18.9 Å². The van der Waals surface area contributed by atoms with E-state index in [1.165, 1.54) is 0 Å². The molecule has 6 heteroatoms. The molecule has 1 aromatic carbocycles. The van der Waals surface area contributed by atoms with E-state index >= 15 is 0 Å². The molecule has 0 aliphatic carbocycles. The van der Waals surface area contributed by atoms with Gasteiger partial charge in [-0.1, -0.05) is 0 Å². The lowest BCUT2D eigenvalue weighted by Crippen LogP contribution is -2.44. The SMILES string of the molecule is N#Cc1ccc(NC2CCN(C(N)=O)CC2)c(Br)c1. The van der Waals surface area contributed by atoms with E-state index in [0.29, 0.717) is 24.7 Å². The van der Waals surface area contributed by atoms with Gasteiger partial charge in [-0.25, -0.2) is 4.79 Å².